The van der Waals surface area contributed by atoms with Crippen molar-refractivity contribution in [3.63, 3.8) is 0 Å². The summed E-state index contributed by atoms with van der Waals surface area (Å²) < 4.78 is 13.2. The number of primary amides is 1. The molecule has 0 fully saturated rings. The monoisotopic (exact) mass is 352 g/mol. The van der Waals surface area contributed by atoms with Crippen molar-refractivity contribution in [2.45, 2.75) is 44.7 Å². The number of carbonyl (C=O) groups is 3. The summed E-state index contributed by atoms with van der Waals surface area (Å²) in [6.07, 6.45) is 0.755. The van der Waals surface area contributed by atoms with Crippen molar-refractivity contribution < 1.29 is 18.8 Å². The highest BCUT2D eigenvalue weighted by Crippen LogP contribution is 2.07. The van der Waals surface area contributed by atoms with Crippen LogP contribution in [0.3, 0.4) is 0 Å². The first-order valence-corrected chi connectivity index (χ1v) is 8.01. The SMILES string of the molecule is CC(C)(NC(=O)[C@@H](CCCN)NC(=O)Cc1cccc(F)c1)C(N)=O. The van der Waals surface area contributed by atoms with Crippen LogP contribution in [0.15, 0.2) is 24.3 Å². The number of carbonyl (C=O) groups excluding carboxylic acids is 3. The molecule has 0 bridgehead atoms. The number of hydrogen-bond acceptors (Lipinski definition) is 4. The normalized spacial score (nSPS) is 12.3. The third kappa shape index (κ3) is 6.88. The van der Waals surface area contributed by atoms with Gasteiger partial charge < -0.3 is 22.1 Å². The predicted octanol–water partition coefficient (Wildman–Crippen LogP) is -0.0280. The fourth-order valence-electron chi connectivity index (χ4n) is 2.13. The molecule has 0 aliphatic heterocycles. The number of benzene rings is 1. The van der Waals surface area contributed by atoms with E-state index in [1.54, 1.807) is 6.07 Å². The van der Waals surface area contributed by atoms with Crippen LogP contribution in [-0.4, -0.2) is 35.8 Å². The lowest BCUT2D eigenvalue weighted by molar-refractivity contribution is -0.133. The largest absolute Gasteiger partial charge is 0.368 e. The van der Waals surface area contributed by atoms with Gasteiger partial charge in [0.25, 0.3) is 0 Å². The van der Waals surface area contributed by atoms with Crippen LogP contribution in [0, 0.1) is 5.82 Å². The number of rotatable bonds is 9. The van der Waals surface area contributed by atoms with Gasteiger partial charge in [0.05, 0.1) is 6.42 Å². The quantitative estimate of drug-likeness (QED) is 0.498. The van der Waals surface area contributed by atoms with E-state index in [2.05, 4.69) is 10.6 Å². The number of nitrogens with two attached hydrogens (primary N) is 2. The van der Waals surface area contributed by atoms with Gasteiger partial charge in [0.15, 0.2) is 0 Å². The van der Waals surface area contributed by atoms with Crippen molar-refractivity contribution in [1.29, 1.82) is 0 Å². The van der Waals surface area contributed by atoms with Gasteiger partial charge >= 0.3 is 0 Å². The van der Waals surface area contributed by atoms with E-state index in [0.29, 0.717) is 24.9 Å². The first-order valence-electron chi connectivity index (χ1n) is 8.01. The van der Waals surface area contributed by atoms with Gasteiger partial charge in [0.1, 0.15) is 17.4 Å². The number of hydrogen-bond donors (Lipinski definition) is 4. The molecule has 0 aliphatic carbocycles. The lowest BCUT2D eigenvalue weighted by atomic mass is 10.0. The number of halogens is 1. The molecule has 0 spiro atoms. The predicted molar refractivity (Wildman–Crippen MR) is 91.7 cm³/mol. The topological polar surface area (TPSA) is 127 Å². The zero-order valence-electron chi connectivity index (χ0n) is 14.5. The van der Waals surface area contributed by atoms with E-state index in [1.165, 1.54) is 32.0 Å². The summed E-state index contributed by atoms with van der Waals surface area (Å²) in [6, 6.07) is 4.80. The van der Waals surface area contributed by atoms with Gasteiger partial charge in [-0.3, -0.25) is 14.4 Å². The molecule has 0 aliphatic rings. The molecule has 0 saturated carbocycles. The van der Waals surface area contributed by atoms with E-state index in [0.717, 1.165) is 0 Å². The van der Waals surface area contributed by atoms with E-state index in [9.17, 15) is 18.8 Å². The Morgan fingerprint density at radius 2 is 1.96 bits per heavy atom. The van der Waals surface area contributed by atoms with Crippen molar-refractivity contribution in [3.05, 3.63) is 35.6 Å². The van der Waals surface area contributed by atoms with E-state index in [1.807, 2.05) is 0 Å². The second-order valence-corrected chi connectivity index (χ2v) is 6.34. The van der Waals surface area contributed by atoms with E-state index in [4.69, 9.17) is 11.5 Å². The standard InChI is InChI=1S/C17H25FN4O3/c1-17(2,16(20)25)22-15(24)13(7-4-8-19)21-14(23)10-11-5-3-6-12(18)9-11/h3,5-6,9,13H,4,7-8,10,19H2,1-2H3,(H2,20,25)(H,21,23)(H,22,24)/t13-/m1/s1. The lowest BCUT2D eigenvalue weighted by Crippen LogP contribution is -2.58. The minimum Gasteiger partial charge on any atom is -0.368 e. The number of nitrogens with one attached hydrogen (secondary N) is 2. The zero-order valence-corrected chi connectivity index (χ0v) is 14.5. The minimum absolute atomic E-state index is 0.0661. The molecule has 0 saturated heterocycles. The molecule has 0 heterocycles. The molecule has 1 aromatic carbocycles. The Kier molecular flexibility index (Phi) is 7.50. The van der Waals surface area contributed by atoms with Crippen LogP contribution in [0.5, 0.6) is 0 Å². The molecule has 1 aromatic rings. The summed E-state index contributed by atoms with van der Waals surface area (Å²) in [5.74, 6) is -2.08. The van der Waals surface area contributed by atoms with Crippen molar-refractivity contribution in [3.8, 4) is 0 Å². The molecular formula is C17H25FN4O3. The molecule has 0 radical (unpaired) electrons. The fraction of sp³-hybridized carbons (Fsp3) is 0.471. The van der Waals surface area contributed by atoms with Crippen molar-refractivity contribution in [2.75, 3.05) is 6.54 Å². The fourth-order valence-corrected chi connectivity index (χ4v) is 2.13. The van der Waals surface area contributed by atoms with E-state index >= 15 is 0 Å². The van der Waals surface area contributed by atoms with Crippen LogP contribution in [-0.2, 0) is 20.8 Å². The van der Waals surface area contributed by atoms with Crippen LogP contribution in [0.1, 0.15) is 32.3 Å². The Morgan fingerprint density at radius 1 is 1.28 bits per heavy atom. The Bertz CT molecular complexity index is 634. The summed E-state index contributed by atoms with van der Waals surface area (Å²) in [7, 11) is 0. The third-order valence-electron chi connectivity index (χ3n) is 3.65. The van der Waals surface area contributed by atoms with Gasteiger partial charge in [-0.15, -0.1) is 0 Å². The maximum Gasteiger partial charge on any atom is 0.243 e. The average molecular weight is 352 g/mol. The highest BCUT2D eigenvalue weighted by molar-refractivity contribution is 5.93. The van der Waals surface area contributed by atoms with Gasteiger partial charge in [0, 0.05) is 0 Å². The molecule has 6 N–H and O–H groups in total. The molecule has 0 aromatic heterocycles. The molecule has 1 rings (SSSR count). The van der Waals surface area contributed by atoms with E-state index < -0.39 is 35.1 Å². The Labute approximate surface area is 146 Å². The van der Waals surface area contributed by atoms with Gasteiger partial charge in [-0.1, -0.05) is 12.1 Å². The average Bonchev–Trinajstić information content (AvgIpc) is 2.50. The van der Waals surface area contributed by atoms with Gasteiger partial charge in [-0.05, 0) is 50.9 Å². The highest BCUT2D eigenvalue weighted by atomic mass is 19.1. The number of amides is 3. The third-order valence-corrected chi connectivity index (χ3v) is 3.65. The molecule has 0 unspecified atom stereocenters. The second kappa shape index (κ2) is 9.12. The maximum atomic E-state index is 13.2. The first kappa shape index (κ1) is 20.6. The van der Waals surface area contributed by atoms with Crippen LogP contribution >= 0.6 is 0 Å². The van der Waals surface area contributed by atoms with Crippen LogP contribution in [0.4, 0.5) is 4.39 Å². The molecule has 138 valence electrons. The lowest BCUT2D eigenvalue weighted by Gasteiger charge is -2.26. The van der Waals surface area contributed by atoms with Gasteiger partial charge in [0.2, 0.25) is 17.7 Å². The Hall–Kier alpha value is -2.48. The van der Waals surface area contributed by atoms with Crippen molar-refractivity contribution >= 4 is 17.7 Å². The van der Waals surface area contributed by atoms with Crippen molar-refractivity contribution in [1.82, 2.24) is 10.6 Å². The molecule has 3 amide bonds. The van der Waals surface area contributed by atoms with E-state index in [-0.39, 0.29) is 6.42 Å². The molecule has 8 heteroatoms. The molecule has 1 atom stereocenters. The minimum atomic E-state index is -1.24. The summed E-state index contributed by atoms with van der Waals surface area (Å²) >= 11 is 0. The summed E-state index contributed by atoms with van der Waals surface area (Å²) in [6.45, 7) is 3.30. The zero-order chi connectivity index (χ0) is 19.0. The molecule has 25 heavy (non-hydrogen) atoms. The molecule has 7 nitrogen and oxygen atoms in total. The Balaban J connectivity index is 2.75. The summed E-state index contributed by atoms with van der Waals surface area (Å²) in [4.78, 5) is 35.9. The van der Waals surface area contributed by atoms with Gasteiger partial charge in [-0.2, -0.15) is 0 Å². The van der Waals surface area contributed by atoms with Gasteiger partial charge in [-0.25, -0.2) is 4.39 Å². The highest BCUT2D eigenvalue weighted by Gasteiger charge is 2.30. The molecular weight excluding hydrogens is 327 g/mol. The Morgan fingerprint density at radius 3 is 2.52 bits per heavy atom. The summed E-state index contributed by atoms with van der Waals surface area (Å²) in [5.41, 5.74) is 9.95. The second-order valence-electron chi connectivity index (χ2n) is 6.34. The van der Waals surface area contributed by atoms with Crippen LogP contribution < -0.4 is 22.1 Å². The van der Waals surface area contributed by atoms with Crippen molar-refractivity contribution in [2.24, 2.45) is 11.5 Å². The first-order chi connectivity index (χ1) is 11.7. The summed E-state index contributed by atoms with van der Waals surface area (Å²) in [5, 5.41) is 5.11. The smallest absolute Gasteiger partial charge is 0.243 e. The van der Waals surface area contributed by atoms with Crippen LogP contribution in [0.2, 0.25) is 0 Å². The van der Waals surface area contributed by atoms with Crippen LogP contribution in [0.25, 0.3) is 0 Å². The maximum absolute atomic E-state index is 13.2.